The van der Waals surface area contributed by atoms with Gasteiger partial charge in [0.2, 0.25) is 0 Å². The van der Waals surface area contributed by atoms with Crippen molar-refractivity contribution in [2.24, 2.45) is 0 Å². The van der Waals surface area contributed by atoms with Crippen molar-refractivity contribution in [3.05, 3.63) is 28.2 Å². The molecule has 0 saturated heterocycles. The van der Waals surface area contributed by atoms with E-state index in [9.17, 15) is 18.0 Å². The summed E-state index contributed by atoms with van der Waals surface area (Å²) in [6, 6.07) is 0.750. The first-order chi connectivity index (χ1) is 5.96. The van der Waals surface area contributed by atoms with Crippen LogP contribution in [0.1, 0.15) is 5.56 Å². The number of halogens is 3. The largest absolute Gasteiger partial charge is 0.491 e. The van der Waals surface area contributed by atoms with Crippen LogP contribution >= 0.6 is 0 Å². The smallest absolute Gasteiger partial charge is 0.420 e. The Morgan fingerprint density at radius 3 is 2.46 bits per heavy atom. The quantitative estimate of drug-likeness (QED) is 0.732. The van der Waals surface area contributed by atoms with E-state index in [0.29, 0.717) is 0 Å². The molecule has 13 heavy (non-hydrogen) atoms. The minimum Gasteiger partial charge on any atom is -0.491 e. The van der Waals surface area contributed by atoms with Crippen molar-refractivity contribution in [2.45, 2.75) is 6.18 Å². The van der Waals surface area contributed by atoms with Gasteiger partial charge in [-0.15, -0.1) is 0 Å². The number of pyridine rings is 1. The summed E-state index contributed by atoms with van der Waals surface area (Å²) in [6.45, 7) is 0. The molecule has 3 nitrogen and oxygen atoms in total. The number of hydrogen-bond acceptors (Lipinski definition) is 2. The maximum absolute atomic E-state index is 12.2. The van der Waals surface area contributed by atoms with E-state index < -0.39 is 23.0 Å². The first-order valence-corrected chi connectivity index (χ1v) is 3.29. The highest BCUT2D eigenvalue weighted by atomic mass is 19.4. The lowest BCUT2D eigenvalue weighted by Gasteiger charge is -2.09. The van der Waals surface area contributed by atoms with Crippen molar-refractivity contribution in [2.75, 3.05) is 7.11 Å². The van der Waals surface area contributed by atoms with Gasteiger partial charge in [-0.25, -0.2) is 0 Å². The molecule has 0 amide bonds. The third-order valence-corrected chi connectivity index (χ3v) is 1.42. The van der Waals surface area contributed by atoms with Crippen LogP contribution in [0.25, 0.3) is 0 Å². The van der Waals surface area contributed by atoms with Gasteiger partial charge < -0.3 is 9.72 Å². The molecule has 1 N–H and O–H groups in total. The molecule has 0 radical (unpaired) electrons. The maximum atomic E-state index is 12.2. The number of alkyl halides is 3. The number of hydrogen-bond donors (Lipinski definition) is 1. The van der Waals surface area contributed by atoms with Crippen LogP contribution in [0, 0.1) is 0 Å². The van der Waals surface area contributed by atoms with Crippen LogP contribution in [0.15, 0.2) is 17.1 Å². The standard InChI is InChI=1S/C7H6F3NO2/c1-13-5-4(7(8,9)10)2-3-11-6(5)12/h2-3H,1H3,(H,11,12). The molecule has 0 aliphatic carbocycles. The molecule has 1 aromatic heterocycles. The summed E-state index contributed by atoms with van der Waals surface area (Å²) in [5.41, 5.74) is -1.96. The Labute approximate surface area is 71.2 Å². The summed E-state index contributed by atoms with van der Waals surface area (Å²) in [5.74, 6) is -0.713. The Morgan fingerprint density at radius 2 is 2.08 bits per heavy atom. The van der Waals surface area contributed by atoms with E-state index in [1.165, 1.54) is 0 Å². The van der Waals surface area contributed by atoms with E-state index >= 15 is 0 Å². The number of ether oxygens (including phenoxy) is 1. The molecule has 72 valence electrons. The predicted octanol–water partition coefficient (Wildman–Crippen LogP) is 1.40. The van der Waals surface area contributed by atoms with Crippen LogP contribution in [0.2, 0.25) is 0 Å². The van der Waals surface area contributed by atoms with Gasteiger partial charge in [-0.3, -0.25) is 4.79 Å². The van der Waals surface area contributed by atoms with Gasteiger partial charge in [-0.1, -0.05) is 0 Å². The highest BCUT2D eigenvalue weighted by Gasteiger charge is 2.35. The minimum atomic E-state index is -4.57. The van der Waals surface area contributed by atoms with Gasteiger partial charge in [0.1, 0.15) is 5.56 Å². The topological polar surface area (TPSA) is 42.1 Å². The van der Waals surface area contributed by atoms with Gasteiger partial charge >= 0.3 is 6.18 Å². The van der Waals surface area contributed by atoms with Crippen molar-refractivity contribution in [1.82, 2.24) is 4.98 Å². The van der Waals surface area contributed by atoms with Crippen LogP contribution in [0.5, 0.6) is 5.75 Å². The molecular formula is C7H6F3NO2. The minimum absolute atomic E-state index is 0.713. The summed E-state index contributed by atoms with van der Waals surface area (Å²) in [6.07, 6.45) is -3.65. The van der Waals surface area contributed by atoms with Crippen molar-refractivity contribution in [3.63, 3.8) is 0 Å². The maximum Gasteiger partial charge on any atom is 0.420 e. The Kier molecular flexibility index (Phi) is 2.31. The number of aromatic amines is 1. The van der Waals surface area contributed by atoms with E-state index in [-0.39, 0.29) is 0 Å². The third kappa shape index (κ3) is 1.82. The average Bonchev–Trinajstić information content (AvgIpc) is 2.02. The van der Waals surface area contributed by atoms with E-state index in [0.717, 1.165) is 19.4 Å². The monoisotopic (exact) mass is 193 g/mol. The molecule has 0 unspecified atom stereocenters. The molecule has 0 bridgehead atoms. The first kappa shape index (κ1) is 9.63. The molecule has 0 saturated carbocycles. The van der Waals surface area contributed by atoms with Crippen molar-refractivity contribution >= 4 is 0 Å². The molecule has 0 aliphatic heterocycles. The fraction of sp³-hybridized carbons (Fsp3) is 0.286. The second-order valence-corrected chi connectivity index (χ2v) is 2.25. The van der Waals surface area contributed by atoms with Crippen LogP contribution in [-0.4, -0.2) is 12.1 Å². The lowest BCUT2D eigenvalue weighted by atomic mass is 10.2. The van der Waals surface area contributed by atoms with Crippen LogP contribution in [-0.2, 0) is 6.18 Å². The van der Waals surface area contributed by atoms with Gasteiger partial charge in [0.25, 0.3) is 5.56 Å². The summed E-state index contributed by atoms with van der Waals surface area (Å²) >= 11 is 0. The molecule has 0 fully saturated rings. The Balaban J connectivity index is 3.38. The second-order valence-electron chi connectivity index (χ2n) is 2.25. The second kappa shape index (κ2) is 3.12. The Bertz CT molecular complexity index is 355. The number of nitrogens with one attached hydrogen (secondary N) is 1. The normalized spacial score (nSPS) is 11.4. The number of aromatic nitrogens is 1. The third-order valence-electron chi connectivity index (χ3n) is 1.42. The summed E-state index contributed by atoms with van der Waals surface area (Å²) < 4.78 is 40.9. The molecule has 6 heteroatoms. The van der Waals surface area contributed by atoms with Gasteiger partial charge in [-0.05, 0) is 6.07 Å². The van der Waals surface area contributed by atoms with Gasteiger partial charge in [0, 0.05) is 6.20 Å². The van der Waals surface area contributed by atoms with Gasteiger partial charge in [0.05, 0.1) is 7.11 Å². The molecule has 1 heterocycles. The molecule has 0 aliphatic rings. The number of H-pyrrole nitrogens is 1. The van der Waals surface area contributed by atoms with Gasteiger partial charge in [-0.2, -0.15) is 13.2 Å². The Hall–Kier alpha value is -1.46. The number of rotatable bonds is 1. The lowest BCUT2D eigenvalue weighted by molar-refractivity contribution is -0.138. The van der Waals surface area contributed by atoms with Crippen LogP contribution in [0.3, 0.4) is 0 Å². The van der Waals surface area contributed by atoms with Crippen LogP contribution in [0.4, 0.5) is 13.2 Å². The van der Waals surface area contributed by atoms with E-state index in [1.807, 2.05) is 0 Å². The fourth-order valence-electron chi connectivity index (χ4n) is 0.890. The molecule has 0 aromatic carbocycles. The van der Waals surface area contributed by atoms with E-state index in [4.69, 9.17) is 0 Å². The highest BCUT2D eigenvalue weighted by molar-refractivity contribution is 5.32. The zero-order chi connectivity index (χ0) is 10.1. The zero-order valence-electron chi connectivity index (χ0n) is 6.61. The molecule has 1 rings (SSSR count). The Morgan fingerprint density at radius 1 is 1.46 bits per heavy atom. The summed E-state index contributed by atoms with van der Waals surface area (Å²) in [4.78, 5) is 12.9. The summed E-state index contributed by atoms with van der Waals surface area (Å²) in [7, 11) is 1.01. The molecule has 0 atom stereocenters. The first-order valence-electron chi connectivity index (χ1n) is 3.29. The summed E-state index contributed by atoms with van der Waals surface area (Å²) in [5, 5.41) is 0. The number of methoxy groups -OCH3 is 1. The SMILES string of the molecule is COc1c(C(F)(F)F)cc[nH]c1=O. The molecule has 0 spiro atoms. The molecule has 1 aromatic rings. The zero-order valence-corrected chi connectivity index (χ0v) is 6.61. The van der Waals surface area contributed by atoms with Crippen molar-refractivity contribution in [1.29, 1.82) is 0 Å². The fourth-order valence-corrected chi connectivity index (χ4v) is 0.890. The van der Waals surface area contributed by atoms with Crippen molar-refractivity contribution < 1.29 is 17.9 Å². The van der Waals surface area contributed by atoms with E-state index in [1.54, 1.807) is 0 Å². The average molecular weight is 193 g/mol. The molecular weight excluding hydrogens is 187 g/mol. The van der Waals surface area contributed by atoms with Crippen LogP contribution < -0.4 is 10.3 Å². The van der Waals surface area contributed by atoms with E-state index in [2.05, 4.69) is 9.72 Å². The highest BCUT2D eigenvalue weighted by Crippen LogP contribution is 2.33. The van der Waals surface area contributed by atoms with Gasteiger partial charge in [0.15, 0.2) is 5.75 Å². The predicted molar refractivity (Wildman–Crippen MR) is 38.6 cm³/mol. The van der Waals surface area contributed by atoms with Crippen molar-refractivity contribution in [3.8, 4) is 5.75 Å². The lowest BCUT2D eigenvalue weighted by Crippen LogP contribution is -2.16.